The molecule has 0 saturated carbocycles. The molecule has 0 heterocycles. The molecule has 0 aliphatic rings. The second kappa shape index (κ2) is 3.56. The molecule has 0 aliphatic heterocycles. The first kappa shape index (κ1) is 6.37. The van der Waals surface area contributed by atoms with Gasteiger partial charge in [-0.05, 0) is 20.4 Å². The number of rotatable bonds is 2. The zero-order valence-corrected chi connectivity index (χ0v) is 5.25. The molecule has 0 bridgehead atoms. The third-order valence-electron chi connectivity index (χ3n) is 0.316. The molecule has 35 valence electrons. The average Bonchev–Trinajstić information content (AvgIpc) is 1.35. The van der Waals surface area contributed by atoms with Crippen LogP contribution < -0.4 is 0 Å². The van der Waals surface area contributed by atoms with E-state index in [0.29, 0.717) is 0 Å². The molecular formula is C3H9BNS. The van der Waals surface area contributed by atoms with E-state index >= 15 is 0 Å². The first-order valence-electron chi connectivity index (χ1n) is 1.80. The van der Waals surface area contributed by atoms with Gasteiger partial charge in [-0.3, -0.25) is 0 Å². The smallest absolute Gasteiger partial charge is 0.287 e. The van der Waals surface area contributed by atoms with Crippen molar-refractivity contribution in [3.05, 3.63) is 0 Å². The summed E-state index contributed by atoms with van der Waals surface area (Å²) in [5.74, 6) is 0. The quantitative estimate of drug-likeness (QED) is 0.465. The van der Waals surface area contributed by atoms with Crippen LogP contribution in [0.15, 0.2) is 0 Å². The molecule has 1 radical (unpaired) electrons. The maximum Gasteiger partial charge on any atom is 0.287 e. The van der Waals surface area contributed by atoms with Crippen molar-refractivity contribution in [3.8, 4) is 0 Å². The van der Waals surface area contributed by atoms with Crippen molar-refractivity contribution < 1.29 is 0 Å². The van der Waals surface area contributed by atoms with Gasteiger partial charge in [-0.25, -0.2) is 0 Å². The van der Waals surface area contributed by atoms with E-state index in [9.17, 15) is 0 Å². The van der Waals surface area contributed by atoms with E-state index in [1.54, 1.807) is 11.6 Å². The Bertz CT molecular complexity index is 32.0. The van der Waals surface area contributed by atoms with E-state index in [2.05, 4.69) is 0 Å². The van der Waals surface area contributed by atoms with Crippen LogP contribution in [-0.2, 0) is 0 Å². The monoisotopic (exact) mass is 102 g/mol. The van der Waals surface area contributed by atoms with Crippen LogP contribution in [0.25, 0.3) is 0 Å². The molecule has 0 atom stereocenters. The fourth-order valence-electron chi connectivity index (χ4n) is 0.211. The second-order valence-electron chi connectivity index (χ2n) is 1.30. The molecule has 0 amide bonds. The summed E-state index contributed by atoms with van der Waals surface area (Å²) in [5.41, 5.74) is 0. The van der Waals surface area contributed by atoms with Gasteiger partial charge in [0.25, 0.3) is 6.69 Å². The summed E-state index contributed by atoms with van der Waals surface area (Å²) >= 11 is 1.71. The lowest BCUT2D eigenvalue weighted by atomic mass is 10.4. The number of nitrogens with zero attached hydrogens (tertiary/aromatic N) is 1. The summed E-state index contributed by atoms with van der Waals surface area (Å²) in [7, 11) is 4.02. The van der Waals surface area contributed by atoms with E-state index in [4.69, 9.17) is 0 Å². The highest BCUT2D eigenvalue weighted by molar-refractivity contribution is 8.21. The highest BCUT2D eigenvalue weighted by atomic mass is 32.2. The molecule has 0 fully saturated rings. The van der Waals surface area contributed by atoms with E-state index in [0.717, 1.165) is 0 Å². The largest absolute Gasteiger partial charge is 0.342 e. The predicted molar refractivity (Wildman–Crippen MR) is 33.0 cm³/mol. The lowest BCUT2D eigenvalue weighted by Crippen LogP contribution is -2.13. The van der Waals surface area contributed by atoms with Crippen molar-refractivity contribution in [2.24, 2.45) is 0 Å². The Morgan fingerprint density at radius 1 is 1.50 bits per heavy atom. The van der Waals surface area contributed by atoms with Crippen LogP contribution in [0.2, 0.25) is 0 Å². The first-order chi connectivity index (χ1) is 2.77. The topological polar surface area (TPSA) is 3.24 Å². The van der Waals surface area contributed by atoms with Gasteiger partial charge in [0.2, 0.25) is 0 Å². The first-order valence-corrected chi connectivity index (χ1v) is 3.08. The molecule has 0 rings (SSSR count). The summed E-state index contributed by atoms with van der Waals surface area (Å²) in [6, 6.07) is 0. The third-order valence-corrected chi connectivity index (χ3v) is 0.949. The Morgan fingerprint density at radius 2 is 2.00 bits per heavy atom. The van der Waals surface area contributed by atoms with Crippen LogP contribution in [-0.4, -0.2) is 31.9 Å². The lowest BCUT2D eigenvalue weighted by Gasteiger charge is -2.01. The summed E-state index contributed by atoms with van der Waals surface area (Å²) in [6.07, 6.45) is 2.04. The molecule has 1 nitrogen and oxygen atoms in total. The highest BCUT2D eigenvalue weighted by Crippen LogP contribution is 1.85. The average molecular weight is 102 g/mol. The zero-order chi connectivity index (χ0) is 4.99. The summed E-state index contributed by atoms with van der Waals surface area (Å²) in [6.45, 7) is 2.04. The molecule has 0 aliphatic carbocycles. The van der Waals surface area contributed by atoms with Crippen LogP contribution >= 0.6 is 11.6 Å². The Balaban J connectivity index is 2.63. The van der Waals surface area contributed by atoms with Crippen LogP contribution in [0.5, 0.6) is 0 Å². The van der Waals surface area contributed by atoms with E-state index in [1.165, 1.54) is 0 Å². The van der Waals surface area contributed by atoms with Gasteiger partial charge in [-0.15, -0.1) is 0 Å². The molecule has 0 spiro atoms. The van der Waals surface area contributed by atoms with E-state index in [1.807, 2.05) is 31.9 Å². The van der Waals surface area contributed by atoms with Crippen molar-refractivity contribution in [3.63, 3.8) is 0 Å². The van der Waals surface area contributed by atoms with Gasteiger partial charge in [0.1, 0.15) is 0 Å². The molecule has 0 aromatic carbocycles. The predicted octanol–water partition coefficient (Wildman–Crippen LogP) is 0.445. The molecular weight excluding hydrogens is 92.9 g/mol. The van der Waals surface area contributed by atoms with Crippen LogP contribution in [0.3, 0.4) is 0 Å². The number of hydrogen-bond acceptors (Lipinski definition) is 2. The lowest BCUT2D eigenvalue weighted by molar-refractivity contribution is 0.675. The molecule has 0 aromatic rings. The Kier molecular flexibility index (Phi) is 3.78. The highest BCUT2D eigenvalue weighted by Gasteiger charge is 1.85. The summed E-state index contributed by atoms with van der Waals surface area (Å²) < 4.78 is 0. The molecule has 3 heteroatoms. The summed E-state index contributed by atoms with van der Waals surface area (Å²) in [5, 5.41) is 0. The molecule has 0 aromatic heterocycles. The molecule has 6 heavy (non-hydrogen) atoms. The minimum atomic E-state index is 1.71. The van der Waals surface area contributed by atoms with Gasteiger partial charge in [0.15, 0.2) is 0 Å². The normalized spacial score (nSPS) is 9.33. The zero-order valence-electron chi connectivity index (χ0n) is 4.43. The fraction of sp³-hybridized carbons (Fsp3) is 1.00. The van der Waals surface area contributed by atoms with Crippen molar-refractivity contribution in [2.75, 3.05) is 20.4 Å². The van der Waals surface area contributed by atoms with Gasteiger partial charge in [0, 0.05) is 0 Å². The summed E-state index contributed by atoms with van der Waals surface area (Å²) in [4.78, 5) is 2.02. The van der Waals surface area contributed by atoms with Crippen LogP contribution in [0.4, 0.5) is 0 Å². The van der Waals surface area contributed by atoms with Gasteiger partial charge in [0.05, 0.1) is 0 Å². The SMILES string of the molecule is CS[B]N(C)C. The van der Waals surface area contributed by atoms with Crippen molar-refractivity contribution in [2.45, 2.75) is 0 Å². The Labute approximate surface area is 44.3 Å². The van der Waals surface area contributed by atoms with E-state index < -0.39 is 0 Å². The van der Waals surface area contributed by atoms with E-state index in [-0.39, 0.29) is 0 Å². The van der Waals surface area contributed by atoms with Gasteiger partial charge >= 0.3 is 0 Å². The Hall–Kier alpha value is 0.375. The molecule has 0 unspecified atom stereocenters. The second-order valence-corrected chi connectivity index (χ2v) is 1.99. The number of hydrogen-bond donors (Lipinski definition) is 0. The van der Waals surface area contributed by atoms with Crippen LogP contribution in [0, 0.1) is 0 Å². The minimum absolute atomic E-state index is 1.71. The minimum Gasteiger partial charge on any atom is -0.342 e. The maximum atomic E-state index is 2.04. The third kappa shape index (κ3) is 4.37. The molecule has 0 saturated heterocycles. The van der Waals surface area contributed by atoms with Crippen LogP contribution in [0.1, 0.15) is 0 Å². The fourth-order valence-corrected chi connectivity index (χ4v) is 0.632. The van der Waals surface area contributed by atoms with Gasteiger partial charge in [-0.1, -0.05) is 0 Å². The standard InChI is InChI=1S/C3H9BNS/c1-5(2)4-6-3/h1-3H3. The Morgan fingerprint density at radius 3 is 2.00 bits per heavy atom. The van der Waals surface area contributed by atoms with Crippen molar-refractivity contribution >= 4 is 18.3 Å². The maximum absolute atomic E-state index is 2.04. The van der Waals surface area contributed by atoms with Gasteiger partial charge in [-0.2, -0.15) is 11.6 Å². The molecule has 0 N–H and O–H groups in total. The van der Waals surface area contributed by atoms with Crippen molar-refractivity contribution in [1.29, 1.82) is 0 Å². The van der Waals surface area contributed by atoms with Gasteiger partial charge < -0.3 is 4.81 Å². The van der Waals surface area contributed by atoms with Crippen molar-refractivity contribution in [1.82, 2.24) is 4.81 Å².